The van der Waals surface area contributed by atoms with Crippen LogP contribution in [0.4, 0.5) is 0 Å². The van der Waals surface area contributed by atoms with Crippen LogP contribution in [-0.2, 0) is 19.1 Å². The van der Waals surface area contributed by atoms with Crippen molar-refractivity contribution >= 4 is 18.7 Å². The zero-order chi connectivity index (χ0) is 18.5. The van der Waals surface area contributed by atoms with E-state index >= 15 is 0 Å². The predicted octanol–water partition coefficient (Wildman–Crippen LogP) is 2.65. The van der Waals surface area contributed by atoms with Crippen LogP contribution in [0.25, 0.3) is 0 Å². The van der Waals surface area contributed by atoms with E-state index in [1.165, 1.54) is 14.2 Å². The first-order chi connectivity index (χ1) is 11.5. The first-order valence-corrected chi connectivity index (χ1v) is 8.27. The molecule has 1 rings (SSSR count). The van der Waals surface area contributed by atoms with Crippen molar-refractivity contribution in [2.75, 3.05) is 20.8 Å². The van der Waals surface area contributed by atoms with Gasteiger partial charge in [-0.05, 0) is 38.0 Å². The maximum absolute atomic E-state index is 11.5. The van der Waals surface area contributed by atoms with Gasteiger partial charge in [0.25, 0.3) is 0 Å². The molecule has 24 heavy (non-hydrogen) atoms. The highest BCUT2D eigenvalue weighted by Gasteiger charge is 2.26. The second-order valence-electron chi connectivity index (χ2n) is 5.25. The van der Waals surface area contributed by atoms with Crippen molar-refractivity contribution in [3.63, 3.8) is 0 Å². The smallest absolute Gasteiger partial charge is 0.337 e. The standard InChI is InChI=1S/C16H24N2O4.C2H6/c1-11(15(19)21-3)12(9-17-2)5-7-14-8-6-13(10-18-14)16(20)22-4;1-2/h9,13-14,18H,1-2,5-8,10H2,3-4H3;1-2H3/b12-9-;. The Labute approximate surface area is 145 Å². The van der Waals surface area contributed by atoms with Crippen LogP contribution in [0, 0.1) is 5.92 Å². The summed E-state index contributed by atoms with van der Waals surface area (Å²) in [4.78, 5) is 26.7. The van der Waals surface area contributed by atoms with Gasteiger partial charge in [-0.1, -0.05) is 20.4 Å². The van der Waals surface area contributed by atoms with Gasteiger partial charge >= 0.3 is 11.9 Å². The van der Waals surface area contributed by atoms with Crippen molar-refractivity contribution in [2.45, 2.75) is 45.6 Å². The van der Waals surface area contributed by atoms with Crippen LogP contribution in [0.1, 0.15) is 39.5 Å². The Balaban J connectivity index is 0.00000254. The molecule has 0 bridgehead atoms. The summed E-state index contributed by atoms with van der Waals surface area (Å²) in [6, 6.07) is 0.291. The molecule has 1 aliphatic rings. The number of ether oxygens (including phenoxy) is 2. The molecule has 6 nitrogen and oxygen atoms in total. The summed E-state index contributed by atoms with van der Waals surface area (Å²) in [7, 11) is 2.73. The molecule has 2 unspecified atom stereocenters. The number of esters is 2. The summed E-state index contributed by atoms with van der Waals surface area (Å²) < 4.78 is 9.43. The first-order valence-electron chi connectivity index (χ1n) is 8.27. The van der Waals surface area contributed by atoms with Gasteiger partial charge in [-0.25, -0.2) is 4.79 Å². The first kappa shape index (κ1) is 22.1. The fraction of sp³-hybridized carbons (Fsp3) is 0.611. The van der Waals surface area contributed by atoms with E-state index in [1.807, 2.05) is 13.8 Å². The summed E-state index contributed by atoms with van der Waals surface area (Å²) in [5.74, 6) is -0.699. The molecule has 0 aliphatic carbocycles. The third-order valence-corrected chi connectivity index (χ3v) is 3.88. The lowest BCUT2D eigenvalue weighted by atomic mass is 9.91. The van der Waals surface area contributed by atoms with Crippen molar-refractivity contribution in [2.24, 2.45) is 10.9 Å². The number of nitrogens with zero attached hydrogens (tertiary/aromatic N) is 1. The topological polar surface area (TPSA) is 77.0 Å². The van der Waals surface area contributed by atoms with Gasteiger partial charge in [-0.2, -0.15) is 0 Å². The van der Waals surface area contributed by atoms with E-state index in [2.05, 4.69) is 28.3 Å². The Hall–Kier alpha value is -1.95. The third-order valence-electron chi connectivity index (χ3n) is 3.88. The Morgan fingerprint density at radius 3 is 2.38 bits per heavy atom. The SMILES string of the molecule is C=N/C=C(/CCC1CCC(C(=O)OC)CN1)C(=C)C(=O)OC.CC. The molecule has 0 aromatic heterocycles. The number of hydrogen-bond donors (Lipinski definition) is 1. The monoisotopic (exact) mass is 338 g/mol. The van der Waals surface area contributed by atoms with Gasteiger partial charge in [0.15, 0.2) is 0 Å². The van der Waals surface area contributed by atoms with Crippen LogP contribution in [0.2, 0.25) is 0 Å². The van der Waals surface area contributed by atoms with Crippen molar-refractivity contribution in [3.05, 3.63) is 23.9 Å². The van der Waals surface area contributed by atoms with E-state index in [1.54, 1.807) is 6.20 Å². The number of carbonyl (C=O) groups excluding carboxylic acids is 2. The lowest BCUT2D eigenvalue weighted by Gasteiger charge is -2.28. The lowest BCUT2D eigenvalue weighted by molar-refractivity contribution is -0.146. The number of rotatable bonds is 7. The summed E-state index contributed by atoms with van der Waals surface area (Å²) in [5.41, 5.74) is 1.02. The molecule has 1 N–H and O–H groups in total. The third kappa shape index (κ3) is 7.08. The van der Waals surface area contributed by atoms with E-state index in [-0.39, 0.29) is 11.9 Å². The molecule has 1 aliphatic heterocycles. The van der Waals surface area contributed by atoms with Crippen LogP contribution in [0.3, 0.4) is 0 Å². The Morgan fingerprint density at radius 1 is 1.25 bits per heavy atom. The lowest BCUT2D eigenvalue weighted by Crippen LogP contribution is -2.42. The van der Waals surface area contributed by atoms with Crippen molar-refractivity contribution in [3.8, 4) is 0 Å². The normalized spacial score (nSPS) is 20.2. The molecule has 6 heteroatoms. The minimum atomic E-state index is -0.461. The van der Waals surface area contributed by atoms with Crippen LogP contribution in [0.15, 0.2) is 28.9 Å². The quantitative estimate of drug-likeness (QED) is 0.334. The highest BCUT2D eigenvalue weighted by atomic mass is 16.5. The molecular formula is C18H30N2O4. The van der Waals surface area contributed by atoms with Gasteiger partial charge in [-0.3, -0.25) is 9.79 Å². The van der Waals surface area contributed by atoms with E-state index in [9.17, 15) is 9.59 Å². The molecule has 0 radical (unpaired) electrons. The minimum absolute atomic E-state index is 0.0730. The number of methoxy groups -OCH3 is 2. The molecular weight excluding hydrogens is 308 g/mol. The highest BCUT2D eigenvalue weighted by Crippen LogP contribution is 2.22. The second-order valence-corrected chi connectivity index (χ2v) is 5.25. The summed E-state index contributed by atoms with van der Waals surface area (Å²) >= 11 is 0. The second kappa shape index (κ2) is 12.5. The summed E-state index contributed by atoms with van der Waals surface area (Å²) in [6.07, 6.45) is 4.71. The molecule has 0 amide bonds. The van der Waals surface area contributed by atoms with Crippen LogP contribution in [-0.4, -0.2) is 45.5 Å². The molecule has 0 spiro atoms. The van der Waals surface area contributed by atoms with E-state index in [4.69, 9.17) is 4.74 Å². The van der Waals surface area contributed by atoms with Gasteiger partial charge in [-0.15, -0.1) is 0 Å². The predicted molar refractivity (Wildman–Crippen MR) is 95.9 cm³/mol. The Bertz CT molecular complexity index is 464. The van der Waals surface area contributed by atoms with E-state index in [0.29, 0.717) is 24.6 Å². The molecule has 0 aromatic rings. The largest absolute Gasteiger partial charge is 0.469 e. The van der Waals surface area contributed by atoms with E-state index in [0.717, 1.165) is 24.8 Å². The number of piperidine rings is 1. The molecule has 0 aromatic carbocycles. The fourth-order valence-corrected chi connectivity index (χ4v) is 2.52. The average Bonchev–Trinajstić information content (AvgIpc) is 2.65. The Morgan fingerprint density at radius 2 is 1.92 bits per heavy atom. The van der Waals surface area contributed by atoms with E-state index < -0.39 is 5.97 Å². The molecule has 1 fully saturated rings. The number of aliphatic imine (C=N–C) groups is 1. The molecule has 1 saturated heterocycles. The molecule has 136 valence electrons. The minimum Gasteiger partial charge on any atom is -0.469 e. The van der Waals surface area contributed by atoms with Crippen molar-refractivity contribution in [1.29, 1.82) is 0 Å². The maximum atomic E-state index is 11.5. The number of nitrogens with one attached hydrogen (secondary N) is 1. The van der Waals surface area contributed by atoms with Gasteiger partial charge in [0.1, 0.15) is 0 Å². The molecule has 0 saturated carbocycles. The van der Waals surface area contributed by atoms with Gasteiger partial charge in [0, 0.05) is 18.8 Å². The fourth-order valence-electron chi connectivity index (χ4n) is 2.52. The Kier molecular flexibility index (Phi) is 11.5. The van der Waals surface area contributed by atoms with Gasteiger partial charge < -0.3 is 14.8 Å². The van der Waals surface area contributed by atoms with Gasteiger partial charge in [0.05, 0.1) is 25.7 Å². The van der Waals surface area contributed by atoms with Crippen LogP contribution in [0.5, 0.6) is 0 Å². The van der Waals surface area contributed by atoms with Crippen LogP contribution < -0.4 is 5.32 Å². The van der Waals surface area contributed by atoms with Crippen molar-refractivity contribution in [1.82, 2.24) is 5.32 Å². The summed E-state index contributed by atoms with van der Waals surface area (Å²) in [6.45, 7) is 11.8. The maximum Gasteiger partial charge on any atom is 0.337 e. The van der Waals surface area contributed by atoms with Crippen molar-refractivity contribution < 1.29 is 19.1 Å². The number of carbonyl (C=O) groups is 2. The molecule has 2 atom stereocenters. The zero-order valence-electron chi connectivity index (χ0n) is 15.3. The average molecular weight is 338 g/mol. The highest BCUT2D eigenvalue weighted by molar-refractivity contribution is 5.92. The zero-order valence-corrected chi connectivity index (χ0v) is 15.3. The number of hydrogen-bond acceptors (Lipinski definition) is 6. The molecule has 1 heterocycles. The van der Waals surface area contributed by atoms with Gasteiger partial charge in [0.2, 0.25) is 0 Å². The van der Waals surface area contributed by atoms with Crippen LogP contribution >= 0.6 is 0 Å². The summed E-state index contributed by atoms with van der Waals surface area (Å²) in [5, 5.41) is 3.34.